The summed E-state index contributed by atoms with van der Waals surface area (Å²) < 4.78 is 49.8. The van der Waals surface area contributed by atoms with Crippen molar-refractivity contribution in [1.82, 2.24) is 14.7 Å². The predicted molar refractivity (Wildman–Crippen MR) is 118 cm³/mol. The largest absolute Gasteiger partial charge is 0.491 e. The minimum Gasteiger partial charge on any atom is -0.491 e. The van der Waals surface area contributed by atoms with E-state index in [1.165, 1.54) is 6.07 Å². The van der Waals surface area contributed by atoms with Crippen LogP contribution in [0.5, 0.6) is 5.75 Å². The molecule has 6 nitrogen and oxygen atoms in total. The van der Waals surface area contributed by atoms with Gasteiger partial charge in [0.15, 0.2) is 5.49 Å². The summed E-state index contributed by atoms with van der Waals surface area (Å²) in [4.78, 5) is 17.5. The molecule has 0 bridgehead atoms. The monoisotopic (exact) mass is 464 g/mol. The van der Waals surface area contributed by atoms with Crippen molar-refractivity contribution in [1.29, 1.82) is 0 Å². The lowest BCUT2D eigenvalue weighted by atomic mass is 9.92. The zero-order valence-electron chi connectivity index (χ0n) is 19.5. The summed E-state index contributed by atoms with van der Waals surface area (Å²) in [5.41, 5.74) is 0.180. The van der Waals surface area contributed by atoms with Gasteiger partial charge in [0.2, 0.25) is 0 Å². The van der Waals surface area contributed by atoms with Crippen molar-refractivity contribution in [3.05, 3.63) is 46.6 Å². The van der Waals surface area contributed by atoms with Gasteiger partial charge in [-0.2, -0.15) is 18.2 Å². The van der Waals surface area contributed by atoms with Gasteiger partial charge in [0.05, 0.1) is 11.1 Å². The zero-order valence-corrected chi connectivity index (χ0v) is 19.5. The number of alkyl halides is 3. The Morgan fingerprint density at radius 3 is 2.42 bits per heavy atom. The van der Waals surface area contributed by atoms with Crippen LogP contribution in [0.1, 0.15) is 61.6 Å². The fourth-order valence-corrected chi connectivity index (χ4v) is 3.97. The predicted octanol–water partition coefficient (Wildman–Crippen LogP) is 4.03. The van der Waals surface area contributed by atoms with Gasteiger partial charge in [-0.1, -0.05) is 20.8 Å². The van der Waals surface area contributed by atoms with Crippen LogP contribution < -0.4 is 15.5 Å². The Labute approximate surface area is 191 Å². The van der Waals surface area contributed by atoms with E-state index in [-0.39, 0.29) is 29.4 Å². The van der Waals surface area contributed by atoms with E-state index < -0.39 is 17.6 Å². The molecule has 0 radical (unpaired) electrons. The number of ether oxygens (including phenoxy) is 1. The van der Waals surface area contributed by atoms with Crippen molar-refractivity contribution in [3.63, 3.8) is 0 Å². The third kappa shape index (κ3) is 5.34. The summed E-state index contributed by atoms with van der Waals surface area (Å²) in [5, 5.41) is 3.18. The number of rotatable bonds is 6. The van der Waals surface area contributed by atoms with Crippen LogP contribution in [0.15, 0.2) is 29.3 Å². The zero-order chi connectivity index (χ0) is 24.0. The molecule has 1 aromatic carbocycles. The quantitative estimate of drug-likeness (QED) is 0.702. The van der Waals surface area contributed by atoms with E-state index in [0.717, 1.165) is 50.2 Å². The smallest absolute Gasteiger partial charge is 0.416 e. The van der Waals surface area contributed by atoms with E-state index >= 15 is 0 Å². The van der Waals surface area contributed by atoms with Gasteiger partial charge in [-0.25, -0.2) is 0 Å². The van der Waals surface area contributed by atoms with Gasteiger partial charge in [0.25, 0.3) is 5.91 Å². The Bertz CT molecular complexity index is 1100. The summed E-state index contributed by atoms with van der Waals surface area (Å²) in [5.74, 6) is -0.0951. The topological polar surface area (TPSA) is 60.6 Å². The third-order valence-electron chi connectivity index (χ3n) is 6.26. The van der Waals surface area contributed by atoms with Crippen LogP contribution >= 0.6 is 0 Å². The molecule has 1 saturated carbocycles. The first kappa shape index (κ1) is 23.6. The first-order valence-corrected chi connectivity index (χ1v) is 11.4. The number of hydrogen-bond acceptors (Lipinski definition) is 3. The lowest BCUT2D eigenvalue weighted by molar-refractivity contribution is -0.137. The Kier molecular flexibility index (Phi) is 6.20. The van der Waals surface area contributed by atoms with Gasteiger partial charge in [-0.3, -0.25) is 14.2 Å². The lowest BCUT2D eigenvalue weighted by Gasteiger charge is -2.27. The SMILES string of the molecule is Cn1c(C(C)(C)C)c/c(=N\C(=O)c2cc(C(F)(F)F)ccc2OC[C@@H]2CCN2)n1CC1CC1. The van der Waals surface area contributed by atoms with E-state index in [1.807, 2.05) is 22.5 Å². The Morgan fingerprint density at radius 1 is 1.18 bits per heavy atom. The van der Waals surface area contributed by atoms with E-state index in [0.29, 0.717) is 11.4 Å². The van der Waals surface area contributed by atoms with E-state index in [9.17, 15) is 18.0 Å². The number of carbonyl (C=O) groups excluding carboxylic acids is 1. The number of halogens is 3. The van der Waals surface area contributed by atoms with Crippen LogP contribution in [-0.4, -0.2) is 34.5 Å². The number of nitrogens with one attached hydrogen (secondary N) is 1. The third-order valence-corrected chi connectivity index (χ3v) is 6.26. The van der Waals surface area contributed by atoms with Crippen LogP contribution in [0.3, 0.4) is 0 Å². The van der Waals surface area contributed by atoms with Crippen molar-refractivity contribution >= 4 is 5.91 Å². The molecular weight excluding hydrogens is 433 g/mol. The molecule has 1 aliphatic carbocycles. The fourth-order valence-electron chi connectivity index (χ4n) is 3.97. The second-order valence-electron chi connectivity index (χ2n) is 10.1. The first-order valence-electron chi connectivity index (χ1n) is 11.4. The number of benzene rings is 1. The minimum absolute atomic E-state index is 0.117. The molecule has 9 heteroatoms. The van der Waals surface area contributed by atoms with E-state index in [1.54, 1.807) is 0 Å². The van der Waals surface area contributed by atoms with Gasteiger partial charge >= 0.3 is 6.18 Å². The van der Waals surface area contributed by atoms with E-state index in [4.69, 9.17) is 4.74 Å². The molecule has 0 spiro atoms. The Balaban J connectivity index is 1.74. The summed E-state index contributed by atoms with van der Waals surface area (Å²) >= 11 is 0. The molecule has 33 heavy (non-hydrogen) atoms. The van der Waals surface area contributed by atoms with Gasteiger partial charge in [-0.15, -0.1) is 0 Å². The maximum absolute atomic E-state index is 13.4. The molecule has 1 aromatic heterocycles. The highest BCUT2D eigenvalue weighted by Crippen LogP contribution is 2.33. The van der Waals surface area contributed by atoms with Crippen LogP contribution in [0, 0.1) is 5.92 Å². The molecule has 180 valence electrons. The highest BCUT2D eigenvalue weighted by molar-refractivity contribution is 5.97. The van der Waals surface area contributed by atoms with Crippen molar-refractivity contribution in [2.45, 2.75) is 64.2 Å². The number of nitrogens with zero attached hydrogens (tertiary/aromatic N) is 3. The molecule has 0 unspecified atom stereocenters. The highest BCUT2D eigenvalue weighted by atomic mass is 19.4. The summed E-state index contributed by atoms with van der Waals surface area (Å²) in [6, 6.07) is 4.99. The maximum atomic E-state index is 13.4. The van der Waals surface area contributed by atoms with Crippen LogP contribution in [0.2, 0.25) is 0 Å². The molecule has 2 aliphatic rings. The van der Waals surface area contributed by atoms with Crippen molar-refractivity contribution in [2.75, 3.05) is 13.2 Å². The summed E-state index contributed by atoms with van der Waals surface area (Å²) in [7, 11) is 1.93. The lowest BCUT2D eigenvalue weighted by Crippen LogP contribution is -2.46. The number of amides is 1. The molecule has 1 aliphatic heterocycles. The molecule has 1 atom stereocenters. The average molecular weight is 465 g/mol. The molecule has 4 rings (SSSR count). The number of aromatic nitrogens is 2. The highest BCUT2D eigenvalue weighted by Gasteiger charge is 2.32. The molecule has 2 aromatic rings. The average Bonchev–Trinajstić information content (AvgIpc) is 3.44. The van der Waals surface area contributed by atoms with Gasteiger partial charge in [0, 0.05) is 36.8 Å². The van der Waals surface area contributed by atoms with Crippen LogP contribution in [0.4, 0.5) is 13.2 Å². The van der Waals surface area contributed by atoms with Crippen molar-refractivity contribution < 1.29 is 22.7 Å². The van der Waals surface area contributed by atoms with E-state index in [2.05, 4.69) is 31.1 Å². The maximum Gasteiger partial charge on any atom is 0.416 e. The van der Waals surface area contributed by atoms with Crippen LogP contribution in [0.25, 0.3) is 0 Å². The minimum atomic E-state index is -4.57. The second-order valence-corrected chi connectivity index (χ2v) is 10.1. The van der Waals surface area contributed by atoms with Gasteiger partial charge < -0.3 is 10.1 Å². The Hall–Kier alpha value is -2.55. The summed E-state index contributed by atoms with van der Waals surface area (Å²) in [6.45, 7) is 8.10. The van der Waals surface area contributed by atoms with Crippen LogP contribution in [-0.2, 0) is 25.2 Å². The molecule has 1 amide bonds. The van der Waals surface area contributed by atoms with Crippen molar-refractivity contribution in [2.24, 2.45) is 18.0 Å². The van der Waals surface area contributed by atoms with Crippen molar-refractivity contribution in [3.8, 4) is 5.75 Å². The normalized spacial score (nSPS) is 19.5. The molecular formula is C24H31F3N4O2. The fraction of sp³-hybridized carbons (Fsp3) is 0.583. The molecule has 2 heterocycles. The number of hydrogen-bond donors (Lipinski definition) is 1. The standard InChI is InChI=1S/C24H31F3N4O2/c1-23(2,3)20-12-21(31(30(20)4)13-15-5-6-15)29-22(32)18-11-16(24(25,26)27)7-8-19(18)33-14-17-9-10-28-17/h7-8,11-12,15,17,28H,5-6,9-10,13-14H2,1-4H3/b29-21+/t17-/m0/s1. The second kappa shape index (κ2) is 8.66. The Morgan fingerprint density at radius 2 is 1.88 bits per heavy atom. The van der Waals surface area contributed by atoms with Gasteiger partial charge in [0.1, 0.15) is 12.4 Å². The molecule has 1 saturated heterocycles. The molecule has 2 fully saturated rings. The number of carbonyl (C=O) groups is 1. The van der Waals surface area contributed by atoms with Gasteiger partial charge in [-0.05, 0) is 49.9 Å². The summed E-state index contributed by atoms with van der Waals surface area (Å²) in [6.07, 6.45) is -1.40. The first-order chi connectivity index (χ1) is 15.4. The molecule has 1 N–H and O–H groups in total.